The number of carbonyl (C=O) groups is 2. The van der Waals surface area contributed by atoms with Crippen molar-refractivity contribution >= 4 is 12.0 Å². The van der Waals surface area contributed by atoms with Gasteiger partial charge in [-0.1, -0.05) is 13.8 Å². The summed E-state index contributed by atoms with van der Waals surface area (Å²) in [5, 5.41) is 2.95. The maximum Gasteiger partial charge on any atom is 0.336 e. The fourth-order valence-electron chi connectivity index (χ4n) is 2.69. The standard InChI is InChI=1S/C17H25N3O4/c1-12-9-20(10-14(24-12)15(21)23-4)16(22)19-11-17(2,3)13-5-7-18-8-6-13/h5-8,12,14H,9-11H2,1-4H3,(H,19,22)/t12-,14-/m1/s1. The first-order chi connectivity index (χ1) is 11.3. The van der Waals surface area contributed by atoms with Crippen molar-refractivity contribution in [2.75, 3.05) is 26.7 Å². The van der Waals surface area contributed by atoms with E-state index in [-0.39, 0.29) is 24.1 Å². The number of urea groups is 1. The van der Waals surface area contributed by atoms with Crippen molar-refractivity contribution in [3.05, 3.63) is 30.1 Å². The summed E-state index contributed by atoms with van der Waals surface area (Å²) in [6, 6.07) is 3.67. The molecule has 0 radical (unpaired) electrons. The summed E-state index contributed by atoms with van der Waals surface area (Å²) in [5.74, 6) is -0.462. The second kappa shape index (κ2) is 7.61. The number of methoxy groups -OCH3 is 1. The molecule has 1 saturated heterocycles. The Morgan fingerprint density at radius 3 is 2.67 bits per heavy atom. The number of nitrogens with zero attached hydrogens (tertiary/aromatic N) is 2. The van der Waals surface area contributed by atoms with Crippen molar-refractivity contribution < 1.29 is 19.1 Å². The van der Waals surface area contributed by atoms with E-state index in [4.69, 9.17) is 9.47 Å². The number of hydrogen-bond acceptors (Lipinski definition) is 5. The van der Waals surface area contributed by atoms with Crippen LogP contribution < -0.4 is 5.32 Å². The van der Waals surface area contributed by atoms with Crippen LogP contribution in [0.5, 0.6) is 0 Å². The molecule has 1 aromatic rings. The third-order valence-corrected chi connectivity index (χ3v) is 4.15. The normalized spacial score (nSPS) is 21.2. The van der Waals surface area contributed by atoms with E-state index in [1.54, 1.807) is 17.3 Å². The average Bonchev–Trinajstić information content (AvgIpc) is 2.59. The Kier molecular flexibility index (Phi) is 5.77. The SMILES string of the molecule is COC(=O)[C@H]1CN(C(=O)NCC(C)(C)c2ccncc2)C[C@@H](C)O1. The van der Waals surface area contributed by atoms with Crippen LogP contribution >= 0.6 is 0 Å². The third kappa shape index (κ3) is 4.44. The van der Waals surface area contributed by atoms with E-state index >= 15 is 0 Å². The number of morpholine rings is 1. The highest BCUT2D eigenvalue weighted by Gasteiger charge is 2.34. The zero-order valence-corrected chi connectivity index (χ0v) is 14.6. The molecule has 1 aliphatic heterocycles. The molecule has 1 fully saturated rings. The summed E-state index contributed by atoms with van der Waals surface area (Å²) in [7, 11) is 1.31. The van der Waals surface area contributed by atoms with Gasteiger partial charge in [-0.25, -0.2) is 9.59 Å². The molecule has 24 heavy (non-hydrogen) atoms. The van der Waals surface area contributed by atoms with E-state index in [1.807, 2.05) is 19.1 Å². The van der Waals surface area contributed by atoms with Crippen LogP contribution in [0.3, 0.4) is 0 Å². The molecule has 0 spiro atoms. The number of pyridine rings is 1. The van der Waals surface area contributed by atoms with Crippen molar-refractivity contribution in [1.29, 1.82) is 0 Å². The van der Waals surface area contributed by atoms with Crippen LogP contribution in [0.1, 0.15) is 26.3 Å². The first kappa shape index (κ1) is 18.2. The number of amides is 2. The zero-order valence-electron chi connectivity index (χ0n) is 14.6. The second-order valence-corrected chi connectivity index (χ2v) is 6.64. The van der Waals surface area contributed by atoms with Gasteiger partial charge < -0.3 is 19.7 Å². The third-order valence-electron chi connectivity index (χ3n) is 4.15. The summed E-state index contributed by atoms with van der Waals surface area (Å²) in [5.41, 5.74) is 0.874. The number of esters is 1. The van der Waals surface area contributed by atoms with Crippen molar-refractivity contribution in [2.24, 2.45) is 0 Å². The van der Waals surface area contributed by atoms with Crippen molar-refractivity contribution in [3.63, 3.8) is 0 Å². The molecule has 0 bridgehead atoms. The summed E-state index contributed by atoms with van der Waals surface area (Å²) in [6.07, 6.45) is 2.52. The molecule has 1 N–H and O–H groups in total. The van der Waals surface area contributed by atoms with Gasteiger partial charge in [0.1, 0.15) is 0 Å². The van der Waals surface area contributed by atoms with Crippen molar-refractivity contribution in [1.82, 2.24) is 15.2 Å². The number of carbonyl (C=O) groups excluding carboxylic acids is 2. The van der Waals surface area contributed by atoms with Gasteiger partial charge in [-0.3, -0.25) is 4.98 Å². The number of aromatic nitrogens is 1. The predicted octanol–water partition coefficient (Wildman–Crippen LogP) is 1.33. The molecule has 7 heteroatoms. The van der Waals surface area contributed by atoms with Crippen LogP contribution in [0.4, 0.5) is 4.79 Å². The molecule has 0 unspecified atom stereocenters. The van der Waals surface area contributed by atoms with Crippen LogP contribution in [0.25, 0.3) is 0 Å². The first-order valence-corrected chi connectivity index (χ1v) is 8.00. The van der Waals surface area contributed by atoms with Gasteiger partial charge in [0.25, 0.3) is 0 Å². The number of rotatable bonds is 4. The molecule has 132 valence electrons. The van der Waals surface area contributed by atoms with Crippen LogP contribution in [-0.2, 0) is 19.7 Å². The van der Waals surface area contributed by atoms with E-state index in [0.29, 0.717) is 13.1 Å². The largest absolute Gasteiger partial charge is 0.467 e. The summed E-state index contributed by atoms with van der Waals surface area (Å²) >= 11 is 0. The molecular formula is C17H25N3O4. The Morgan fingerprint density at radius 1 is 1.38 bits per heavy atom. The lowest BCUT2D eigenvalue weighted by molar-refractivity contribution is -0.164. The van der Waals surface area contributed by atoms with Gasteiger partial charge in [-0.05, 0) is 24.6 Å². The molecule has 2 amide bonds. The van der Waals surface area contributed by atoms with Crippen molar-refractivity contribution in [2.45, 2.75) is 38.4 Å². The van der Waals surface area contributed by atoms with Crippen LogP contribution in [0.2, 0.25) is 0 Å². The monoisotopic (exact) mass is 335 g/mol. The average molecular weight is 335 g/mol. The molecule has 2 rings (SSSR count). The topological polar surface area (TPSA) is 80.8 Å². The van der Waals surface area contributed by atoms with Gasteiger partial charge in [0.15, 0.2) is 6.10 Å². The first-order valence-electron chi connectivity index (χ1n) is 8.00. The fraction of sp³-hybridized carbons (Fsp3) is 0.588. The fourth-order valence-corrected chi connectivity index (χ4v) is 2.69. The highest BCUT2D eigenvalue weighted by molar-refractivity contribution is 5.78. The number of nitrogens with one attached hydrogen (secondary N) is 1. The quantitative estimate of drug-likeness (QED) is 0.840. The Labute approximate surface area is 142 Å². The van der Waals surface area contributed by atoms with E-state index < -0.39 is 12.1 Å². The zero-order chi connectivity index (χ0) is 17.7. The van der Waals surface area contributed by atoms with E-state index in [1.165, 1.54) is 7.11 Å². The smallest absolute Gasteiger partial charge is 0.336 e. The number of hydrogen-bond donors (Lipinski definition) is 1. The molecule has 0 saturated carbocycles. The van der Waals surface area contributed by atoms with E-state index in [9.17, 15) is 9.59 Å². The molecule has 1 aromatic heterocycles. The highest BCUT2D eigenvalue weighted by Crippen LogP contribution is 2.21. The molecule has 2 atom stereocenters. The highest BCUT2D eigenvalue weighted by atomic mass is 16.6. The Bertz CT molecular complexity index is 576. The Balaban J connectivity index is 1.95. The van der Waals surface area contributed by atoms with E-state index in [0.717, 1.165) is 5.56 Å². The van der Waals surface area contributed by atoms with Gasteiger partial charge in [0.05, 0.1) is 19.8 Å². The minimum atomic E-state index is -0.738. The van der Waals surface area contributed by atoms with Crippen molar-refractivity contribution in [3.8, 4) is 0 Å². The van der Waals surface area contributed by atoms with E-state index in [2.05, 4.69) is 24.1 Å². The molecule has 1 aliphatic rings. The minimum Gasteiger partial charge on any atom is -0.467 e. The lowest BCUT2D eigenvalue weighted by atomic mass is 9.85. The minimum absolute atomic E-state index is 0.193. The van der Waals surface area contributed by atoms with Gasteiger partial charge >= 0.3 is 12.0 Å². The molecular weight excluding hydrogens is 310 g/mol. The van der Waals surface area contributed by atoms with Gasteiger partial charge in [-0.15, -0.1) is 0 Å². The molecule has 2 heterocycles. The Morgan fingerprint density at radius 2 is 2.04 bits per heavy atom. The molecule has 0 aliphatic carbocycles. The summed E-state index contributed by atoms with van der Waals surface area (Å²) in [4.78, 5) is 29.8. The van der Waals surface area contributed by atoms with Crippen LogP contribution in [0, 0.1) is 0 Å². The van der Waals surface area contributed by atoms with Gasteiger partial charge in [-0.2, -0.15) is 0 Å². The predicted molar refractivity (Wildman–Crippen MR) is 88.6 cm³/mol. The summed E-state index contributed by atoms with van der Waals surface area (Å²) < 4.78 is 10.2. The van der Waals surface area contributed by atoms with Gasteiger partial charge in [0.2, 0.25) is 0 Å². The van der Waals surface area contributed by atoms with Crippen LogP contribution in [-0.4, -0.2) is 60.8 Å². The van der Waals surface area contributed by atoms with Crippen LogP contribution in [0.15, 0.2) is 24.5 Å². The summed E-state index contributed by atoms with van der Waals surface area (Å²) in [6.45, 7) is 7.05. The lowest BCUT2D eigenvalue weighted by Crippen LogP contribution is -2.55. The Hall–Kier alpha value is -2.15. The van der Waals surface area contributed by atoms with Gasteiger partial charge in [0, 0.05) is 30.9 Å². The maximum atomic E-state index is 12.5. The maximum absolute atomic E-state index is 12.5. The lowest BCUT2D eigenvalue weighted by Gasteiger charge is -2.36. The molecule has 7 nitrogen and oxygen atoms in total. The number of ether oxygens (including phenoxy) is 2. The molecule has 0 aromatic carbocycles. The second-order valence-electron chi connectivity index (χ2n) is 6.64.